The Hall–Kier alpha value is -1.70. The van der Waals surface area contributed by atoms with Crippen LogP contribution in [0.3, 0.4) is 0 Å². The van der Waals surface area contributed by atoms with E-state index in [2.05, 4.69) is 9.97 Å². The summed E-state index contributed by atoms with van der Waals surface area (Å²) in [5.74, 6) is 0.839. The summed E-state index contributed by atoms with van der Waals surface area (Å²) in [5, 5.41) is 0. The molecule has 3 rings (SSSR count). The zero-order valence-electron chi connectivity index (χ0n) is 13.3. The topological polar surface area (TPSA) is 83.5 Å². The Morgan fingerprint density at radius 2 is 1.96 bits per heavy atom. The van der Waals surface area contributed by atoms with Crippen molar-refractivity contribution in [2.75, 3.05) is 36.0 Å². The maximum absolute atomic E-state index is 12.3. The molecule has 0 aromatic carbocycles. The fourth-order valence-electron chi connectivity index (χ4n) is 3.27. The van der Waals surface area contributed by atoms with Crippen molar-refractivity contribution in [3.8, 4) is 0 Å². The average Bonchev–Trinajstić information content (AvgIpc) is 3.18. The Morgan fingerprint density at radius 3 is 2.48 bits per heavy atom. The van der Waals surface area contributed by atoms with Gasteiger partial charge in [0.15, 0.2) is 9.84 Å². The molecule has 2 aliphatic heterocycles. The third-order valence-electron chi connectivity index (χ3n) is 4.53. The maximum Gasteiger partial charge on any atom is 0.256 e. The van der Waals surface area contributed by atoms with E-state index >= 15 is 0 Å². The van der Waals surface area contributed by atoms with Crippen LogP contribution in [0.1, 0.15) is 36.5 Å². The minimum absolute atomic E-state index is 0.0273. The number of likely N-dealkylation sites (tertiary alicyclic amines) is 1. The van der Waals surface area contributed by atoms with E-state index < -0.39 is 9.84 Å². The Balaban J connectivity index is 1.74. The summed E-state index contributed by atoms with van der Waals surface area (Å²) in [5.41, 5.74) is 0.491. The van der Waals surface area contributed by atoms with Gasteiger partial charge in [-0.2, -0.15) is 0 Å². The molecule has 0 spiro atoms. The molecule has 1 atom stereocenters. The fraction of sp³-hybridized carbons (Fsp3) is 0.667. The fourth-order valence-corrected chi connectivity index (χ4v) is 5.00. The van der Waals surface area contributed by atoms with Crippen LogP contribution in [0.2, 0.25) is 0 Å². The lowest BCUT2D eigenvalue weighted by Gasteiger charge is -2.26. The number of hydrogen-bond acceptors (Lipinski definition) is 6. The minimum atomic E-state index is -2.95. The number of hydrogen-bond donors (Lipinski definition) is 0. The van der Waals surface area contributed by atoms with E-state index in [0.29, 0.717) is 24.5 Å². The van der Waals surface area contributed by atoms with Gasteiger partial charge in [-0.1, -0.05) is 0 Å². The van der Waals surface area contributed by atoms with Crippen LogP contribution in [0.25, 0.3) is 0 Å². The number of nitrogens with zero attached hydrogens (tertiary/aromatic N) is 4. The summed E-state index contributed by atoms with van der Waals surface area (Å²) in [4.78, 5) is 24.6. The van der Waals surface area contributed by atoms with Crippen LogP contribution in [0.4, 0.5) is 5.95 Å². The maximum atomic E-state index is 12.3. The van der Waals surface area contributed by atoms with Crippen molar-refractivity contribution in [3.63, 3.8) is 0 Å². The van der Waals surface area contributed by atoms with Crippen LogP contribution in [0.5, 0.6) is 0 Å². The summed E-state index contributed by atoms with van der Waals surface area (Å²) in [6, 6.07) is -0.0786. The van der Waals surface area contributed by atoms with Crippen molar-refractivity contribution in [1.29, 1.82) is 0 Å². The molecule has 0 radical (unpaired) electrons. The van der Waals surface area contributed by atoms with E-state index in [0.717, 1.165) is 25.9 Å². The first-order valence-electron chi connectivity index (χ1n) is 8.08. The first-order chi connectivity index (χ1) is 11.0. The standard InChI is InChI=1S/C15H22N4O3S/c1-2-19(13-5-8-23(21,22)11-13)15-16-9-12(10-17-15)14(20)18-6-3-4-7-18/h9-10,13H,2-8,11H2,1H3. The number of carbonyl (C=O) groups is 1. The van der Waals surface area contributed by atoms with Crippen molar-refractivity contribution in [2.24, 2.45) is 0 Å². The number of sulfone groups is 1. The number of amides is 1. The quantitative estimate of drug-likeness (QED) is 0.805. The molecule has 126 valence electrons. The molecule has 1 unspecified atom stereocenters. The Morgan fingerprint density at radius 1 is 1.30 bits per heavy atom. The largest absolute Gasteiger partial charge is 0.339 e. The zero-order chi connectivity index (χ0) is 16.4. The molecule has 23 heavy (non-hydrogen) atoms. The summed E-state index contributed by atoms with van der Waals surface area (Å²) in [6.45, 7) is 4.18. The van der Waals surface area contributed by atoms with Gasteiger partial charge in [-0.3, -0.25) is 4.79 Å². The molecular weight excluding hydrogens is 316 g/mol. The van der Waals surface area contributed by atoms with Crippen molar-refractivity contribution < 1.29 is 13.2 Å². The second kappa shape index (κ2) is 6.43. The van der Waals surface area contributed by atoms with Gasteiger partial charge in [0.2, 0.25) is 5.95 Å². The lowest BCUT2D eigenvalue weighted by Crippen LogP contribution is -2.37. The summed E-state index contributed by atoms with van der Waals surface area (Å²) in [7, 11) is -2.95. The van der Waals surface area contributed by atoms with E-state index in [1.54, 1.807) is 12.4 Å². The monoisotopic (exact) mass is 338 g/mol. The van der Waals surface area contributed by atoms with Crippen molar-refractivity contribution in [3.05, 3.63) is 18.0 Å². The zero-order valence-corrected chi connectivity index (χ0v) is 14.1. The molecule has 0 N–H and O–H groups in total. The van der Waals surface area contributed by atoms with Gasteiger partial charge in [-0.25, -0.2) is 18.4 Å². The highest BCUT2D eigenvalue weighted by Crippen LogP contribution is 2.21. The van der Waals surface area contributed by atoms with E-state index in [-0.39, 0.29) is 23.5 Å². The van der Waals surface area contributed by atoms with Gasteiger partial charge < -0.3 is 9.80 Å². The molecule has 0 saturated carbocycles. The molecule has 8 heteroatoms. The van der Waals surface area contributed by atoms with Crippen LogP contribution >= 0.6 is 0 Å². The second-order valence-corrected chi connectivity index (χ2v) is 8.34. The molecule has 0 aliphatic carbocycles. The van der Waals surface area contributed by atoms with Gasteiger partial charge in [-0.05, 0) is 26.2 Å². The van der Waals surface area contributed by atoms with Crippen molar-refractivity contribution >= 4 is 21.7 Å². The minimum Gasteiger partial charge on any atom is -0.339 e. The molecule has 2 saturated heterocycles. The number of carbonyl (C=O) groups excluding carboxylic acids is 1. The number of rotatable bonds is 4. The highest BCUT2D eigenvalue weighted by molar-refractivity contribution is 7.91. The van der Waals surface area contributed by atoms with E-state index in [1.807, 2.05) is 16.7 Å². The van der Waals surface area contributed by atoms with E-state index in [4.69, 9.17) is 0 Å². The first kappa shape index (κ1) is 16.2. The SMILES string of the molecule is CCN(c1ncc(C(=O)N2CCCC2)cn1)C1CCS(=O)(=O)C1. The Labute approximate surface area is 136 Å². The molecule has 1 aromatic rings. The van der Waals surface area contributed by atoms with Gasteiger partial charge in [0.05, 0.1) is 17.1 Å². The normalized spacial score (nSPS) is 23.2. The molecule has 1 amide bonds. The van der Waals surface area contributed by atoms with E-state index in [9.17, 15) is 13.2 Å². The Kier molecular flexibility index (Phi) is 4.52. The molecule has 1 aromatic heterocycles. The van der Waals surface area contributed by atoms with Crippen molar-refractivity contribution in [2.45, 2.75) is 32.2 Å². The molecule has 7 nitrogen and oxygen atoms in total. The highest BCUT2D eigenvalue weighted by atomic mass is 32.2. The summed E-state index contributed by atoms with van der Waals surface area (Å²) >= 11 is 0. The summed E-state index contributed by atoms with van der Waals surface area (Å²) < 4.78 is 23.3. The molecular formula is C15H22N4O3S. The predicted octanol–water partition coefficient (Wildman–Crippen LogP) is 0.726. The van der Waals surface area contributed by atoms with Gasteiger partial charge in [0.25, 0.3) is 5.91 Å². The van der Waals surface area contributed by atoms with E-state index in [1.165, 1.54) is 0 Å². The smallest absolute Gasteiger partial charge is 0.256 e. The number of aromatic nitrogens is 2. The van der Waals surface area contributed by atoms with Gasteiger partial charge in [0.1, 0.15) is 0 Å². The summed E-state index contributed by atoms with van der Waals surface area (Å²) in [6.07, 6.45) is 5.80. The van der Waals surface area contributed by atoms with Gasteiger partial charge in [0, 0.05) is 38.1 Å². The Bertz CT molecular complexity index is 668. The third kappa shape index (κ3) is 3.46. The van der Waals surface area contributed by atoms with Gasteiger partial charge in [-0.15, -0.1) is 0 Å². The number of anilines is 1. The third-order valence-corrected chi connectivity index (χ3v) is 6.28. The molecule has 0 bridgehead atoms. The first-order valence-corrected chi connectivity index (χ1v) is 9.90. The lowest BCUT2D eigenvalue weighted by molar-refractivity contribution is 0.0792. The lowest BCUT2D eigenvalue weighted by atomic mass is 10.2. The van der Waals surface area contributed by atoms with Crippen LogP contribution < -0.4 is 4.90 Å². The van der Waals surface area contributed by atoms with Crippen LogP contribution in [-0.4, -0.2) is 66.4 Å². The molecule has 2 aliphatic rings. The molecule has 3 heterocycles. The molecule has 2 fully saturated rings. The van der Waals surface area contributed by atoms with Crippen LogP contribution in [0, 0.1) is 0 Å². The average molecular weight is 338 g/mol. The second-order valence-electron chi connectivity index (χ2n) is 6.11. The predicted molar refractivity (Wildman–Crippen MR) is 87.2 cm³/mol. The van der Waals surface area contributed by atoms with Crippen LogP contribution in [-0.2, 0) is 9.84 Å². The van der Waals surface area contributed by atoms with Gasteiger partial charge >= 0.3 is 0 Å². The van der Waals surface area contributed by atoms with Crippen molar-refractivity contribution in [1.82, 2.24) is 14.9 Å². The van der Waals surface area contributed by atoms with Crippen LogP contribution in [0.15, 0.2) is 12.4 Å². The highest BCUT2D eigenvalue weighted by Gasteiger charge is 2.33.